The molecule has 3 heteroatoms. The van der Waals surface area contributed by atoms with Gasteiger partial charge >= 0.3 is 0 Å². The van der Waals surface area contributed by atoms with Crippen molar-refractivity contribution >= 4 is 5.78 Å². The summed E-state index contributed by atoms with van der Waals surface area (Å²) in [4.78, 5) is 11.6. The van der Waals surface area contributed by atoms with Crippen LogP contribution in [-0.4, -0.2) is 28.2 Å². The van der Waals surface area contributed by atoms with Crippen LogP contribution in [0.25, 0.3) is 0 Å². The minimum atomic E-state index is -1.12. The molecule has 0 bridgehead atoms. The normalized spacial score (nSPS) is 28.7. The smallest absolute Gasteiger partial charge is 0.156 e. The lowest BCUT2D eigenvalue weighted by Crippen LogP contribution is -2.48. The molecule has 0 aromatic rings. The predicted octanol–water partition coefficient (Wildman–Crippen LogP) is 2.16. The van der Waals surface area contributed by atoms with E-state index in [4.69, 9.17) is 5.11 Å². The second kappa shape index (κ2) is 5.21. The molecule has 0 aromatic heterocycles. The highest BCUT2D eigenvalue weighted by Crippen LogP contribution is 2.44. The standard InChI is InChI=1S/C15H22O3/c1-11(6-8-16)5-7-15(18)12(2)9-13(17)10-14(15,3)4/h5-7,9,16,18H,8,10H2,1-4H3/b7-5+,11-6-/t15-/m1/s1. The van der Waals surface area contributed by atoms with Gasteiger partial charge in [-0.2, -0.15) is 0 Å². The highest BCUT2D eigenvalue weighted by molar-refractivity contribution is 5.92. The van der Waals surface area contributed by atoms with E-state index < -0.39 is 11.0 Å². The van der Waals surface area contributed by atoms with E-state index in [0.29, 0.717) is 12.0 Å². The summed E-state index contributed by atoms with van der Waals surface area (Å²) in [5.74, 6) is 0.0539. The van der Waals surface area contributed by atoms with Gasteiger partial charge in [0.25, 0.3) is 0 Å². The van der Waals surface area contributed by atoms with Gasteiger partial charge in [0.05, 0.1) is 6.61 Å². The first-order valence-electron chi connectivity index (χ1n) is 6.14. The van der Waals surface area contributed by atoms with E-state index in [1.807, 2.05) is 20.8 Å². The number of aliphatic hydroxyl groups excluding tert-OH is 1. The van der Waals surface area contributed by atoms with Crippen LogP contribution in [0.5, 0.6) is 0 Å². The summed E-state index contributed by atoms with van der Waals surface area (Å²) in [5.41, 5.74) is -0.104. The van der Waals surface area contributed by atoms with Crippen LogP contribution in [0.1, 0.15) is 34.1 Å². The molecule has 0 radical (unpaired) electrons. The van der Waals surface area contributed by atoms with Crippen molar-refractivity contribution in [2.45, 2.75) is 39.7 Å². The minimum Gasteiger partial charge on any atom is -0.392 e. The Kier molecular flexibility index (Phi) is 4.30. The van der Waals surface area contributed by atoms with Crippen molar-refractivity contribution in [1.82, 2.24) is 0 Å². The minimum absolute atomic E-state index is 0.0225. The average Bonchev–Trinajstić information content (AvgIpc) is 2.23. The maximum absolute atomic E-state index is 11.6. The number of aliphatic hydroxyl groups is 2. The van der Waals surface area contributed by atoms with Crippen LogP contribution in [0.15, 0.2) is 35.5 Å². The van der Waals surface area contributed by atoms with Crippen LogP contribution >= 0.6 is 0 Å². The van der Waals surface area contributed by atoms with Gasteiger partial charge in [0.15, 0.2) is 5.78 Å². The van der Waals surface area contributed by atoms with Gasteiger partial charge in [0, 0.05) is 11.8 Å². The fourth-order valence-electron chi connectivity index (χ4n) is 2.33. The monoisotopic (exact) mass is 250 g/mol. The van der Waals surface area contributed by atoms with E-state index in [1.54, 1.807) is 25.2 Å². The third-order valence-corrected chi connectivity index (χ3v) is 3.63. The third kappa shape index (κ3) is 2.79. The van der Waals surface area contributed by atoms with Crippen molar-refractivity contribution < 1.29 is 15.0 Å². The first-order chi connectivity index (χ1) is 8.23. The summed E-state index contributed by atoms with van der Waals surface area (Å²) in [6.45, 7) is 7.38. The lowest BCUT2D eigenvalue weighted by atomic mass is 9.64. The van der Waals surface area contributed by atoms with Gasteiger partial charge in [-0.3, -0.25) is 4.79 Å². The van der Waals surface area contributed by atoms with Crippen molar-refractivity contribution in [2.24, 2.45) is 5.41 Å². The van der Waals surface area contributed by atoms with E-state index in [0.717, 1.165) is 5.57 Å². The number of carbonyl (C=O) groups excluding carboxylic acids is 1. The summed E-state index contributed by atoms with van der Waals surface area (Å²) in [5, 5.41) is 19.6. The molecule has 1 atom stereocenters. The van der Waals surface area contributed by atoms with E-state index >= 15 is 0 Å². The number of hydrogen-bond donors (Lipinski definition) is 2. The molecule has 1 aliphatic rings. The molecule has 0 spiro atoms. The van der Waals surface area contributed by atoms with E-state index in [1.165, 1.54) is 6.08 Å². The largest absolute Gasteiger partial charge is 0.392 e. The van der Waals surface area contributed by atoms with Crippen LogP contribution in [0.3, 0.4) is 0 Å². The molecule has 0 amide bonds. The lowest BCUT2D eigenvalue weighted by molar-refractivity contribution is -0.121. The molecule has 1 aliphatic carbocycles. The second-order valence-corrected chi connectivity index (χ2v) is 5.58. The zero-order chi connectivity index (χ0) is 14.0. The Labute approximate surface area is 109 Å². The first kappa shape index (κ1) is 14.9. The molecular weight excluding hydrogens is 228 g/mol. The molecule has 2 N–H and O–H groups in total. The predicted molar refractivity (Wildman–Crippen MR) is 72.1 cm³/mol. The Morgan fingerprint density at radius 1 is 1.50 bits per heavy atom. The number of ketones is 1. The Morgan fingerprint density at radius 2 is 2.11 bits per heavy atom. The second-order valence-electron chi connectivity index (χ2n) is 5.58. The maximum atomic E-state index is 11.6. The van der Waals surface area contributed by atoms with Crippen molar-refractivity contribution in [3.63, 3.8) is 0 Å². The Hall–Kier alpha value is -1.19. The molecule has 100 valence electrons. The Balaban J connectivity index is 3.13. The van der Waals surface area contributed by atoms with Gasteiger partial charge in [0.2, 0.25) is 0 Å². The molecule has 0 unspecified atom stereocenters. The van der Waals surface area contributed by atoms with Crippen molar-refractivity contribution in [2.75, 3.05) is 6.61 Å². The van der Waals surface area contributed by atoms with Gasteiger partial charge in [0.1, 0.15) is 5.60 Å². The van der Waals surface area contributed by atoms with Crippen molar-refractivity contribution in [1.29, 1.82) is 0 Å². The molecule has 3 nitrogen and oxygen atoms in total. The highest BCUT2D eigenvalue weighted by Gasteiger charge is 2.46. The van der Waals surface area contributed by atoms with Crippen LogP contribution in [0, 0.1) is 5.41 Å². The Morgan fingerprint density at radius 3 is 2.61 bits per heavy atom. The fourth-order valence-corrected chi connectivity index (χ4v) is 2.33. The number of rotatable bonds is 3. The molecule has 0 heterocycles. The Bertz CT molecular complexity index is 427. The van der Waals surface area contributed by atoms with Crippen LogP contribution in [0.2, 0.25) is 0 Å². The SMILES string of the molecule is CC1=CC(=O)CC(C)(C)[C@@]1(O)/C=C/C(C)=C\CO. The van der Waals surface area contributed by atoms with Gasteiger partial charge in [-0.25, -0.2) is 0 Å². The quantitative estimate of drug-likeness (QED) is 0.755. The molecule has 0 aromatic carbocycles. The van der Waals surface area contributed by atoms with Crippen molar-refractivity contribution in [3.05, 3.63) is 35.5 Å². The molecular formula is C15H22O3. The summed E-state index contributed by atoms with van der Waals surface area (Å²) < 4.78 is 0. The zero-order valence-corrected chi connectivity index (χ0v) is 11.5. The van der Waals surface area contributed by atoms with Crippen LogP contribution in [0.4, 0.5) is 0 Å². The molecule has 1 rings (SSSR count). The van der Waals surface area contributed by atoms with Gasteiger partial charge < -0.3 is 10.2 Å². The number of allylic oxidation sites excluding steroid dienone is 3. The fraction of sp³-hybridized carbons (Fsp3) is 0.533. The van der Waals surface area contributed by atoms with E-state index in [-0.39, 0.29) is 12.4 Å². The molecule has 0 aliphatic heterocycles. The first-order valence-corrected chi connectivity index (χ1v) is 6.14. The van der Waals surface area contributed by atoms with E-state index in [2.05, 4.69) is 0 Å². The highest BCUT2D eigenvalue weighted by atomic mass is 16.3. The summed E-state index contributed by atoms with van der Waals surface area (Å²) in [7, 11) is 0. The zero-order valence-electron chi connectivity index (χ0n) is 11.5. The van der Waals surface area contributed by atoms with Crippen LogP contribution in [-0.2, 0) is 4.79 Å². The van der Waals surface area contributed by atoms with E-state index in [9.17, 15) is 9.90 Å². The summed E-state index contributed by atoms with van der Waals surface area (Å²) >= 11 is 0. The van der Waals surface area contributed by atoms with Gasteiger partial charge in [-0.1, -0.05) is 31.6 Å². The van der Waals surface area contributed by atoms with Crippen LogP contribution < -0.4 is 0 Å². The third-order valence-electron chi connectivity index (χ3n) is 3.63. The molecule has 0 fully saturated rings. The maximum Gasteiger partial charge on any atom is 0.156 e. The number of carbonyl (C=O) groups is 1. The van der Waals surface area contributed by atoms with Gasteiger partial charge in [-0.05, 0) is 31.6 Å². The summed E-state index contributed by atoms with van der Waals surface area (Å²) in [6.07, 6.45) is 7.01. The summed E-state index contributed by atoms with van der Waals surface area (Å²) in [6, 6.07) is 0. The average molecular weight is 250 g/mol. The topological polar surface area (TPSA) is 57.5 Å². The van der Waals surface area contributed by atoms with Gasteiger partial charge in [-0.15, -0.1) is 0 Å². The molecule has 0 saturated heterocycles. The number of hydrogen-bond acceptors (Lipinski definition) is 3. The molecule has 0 saturated carbocycles. The lowest BCUT2D eigenvalue weighted by Gasteiger charge is -2.44. The van der Waals surface area contributed by atoms with Crippen molar-refractivity contribution in [3.8, 4) is 0 Å². The molecule has 18 heavy (non-hydrogen) atoms.